The molecular weight excluding hydrogens is 164 g/mol. The van der Waals surface area contributed by atoms with Crippen molar-refractivity contribution in [1.29, 1.82) is 0 Å². The molecule has 0 N–H and O–H groups in total. The number of benzene rings is 1. The second-order valence-electron chi connectivity index (χ2n) is 3.52. The summed E-state index contributed by atoms with van der Waals surface area (Å²) in [5.74, 6) is 0. The van der Waals surface area contributed by atoms with Crippen molar-refractivity contribution < 1.29 is 9.47 Å². The van der Waals surface area contributed by atoms with E-state index in [1.165, 1.54) is 5.56 Å². The van der Waals surface area contributed by atoms with E-state index in [1.54, 1.807) is 0 Å². The molecule has 1 aromatic carbocycles. The first-order chi connectivity index (χ1) is 6.25. The molecule has 70 valence electrons. The van der Waals surface area contributed by atoms with Crippen molar-refractivity contribution in [2.24, 2.45) is 0 Å². The van der Waals surface area contributed by atoms with Gasteiger partial charge in [0.05, 0.1) is 12.7 Å². The van der Waals surface area contributed by atoms with E-state index < -0.39 is 0 Å². The van der Waals surface area contributed by atoms with Gasteiger partial charge < -0.3 is 9.47 Å². The van der Waals surface area contributed by atoms with Gasteiger partial charge in [-0.25, -0.2) is 0 Å². The van der Waals surface area contributed by atoms with E-state index in [1.807, 2.05) is 6.92 Å². The van der Waals surface area contributed by atoms with Gasteiger partial charge in [0.15, 0.2) is 6.29 Å². The summed E-state index contributed by atoms with van der Waals surface area (Å²) in [6.45, 7) is 4.79. The van der Waals surface area contributed by atoms with Crippen LogP contribution in [0.2, 0.25) is 0 Å². The SMILES string of the molecule is Cc1ccc([C@H]2OC[C@@H](C)O2)cc1. The summed E-state index contributed by atoms with van der Waals surface area (Å²) in [5, 5.41) is 0. The zero-order valence-corrected chi connectivity index (χ0v) is 7.99. The van der Waals surface area contributed by atoms with Crippen LogP contribution in [0.15, 0.2) is 24.3 Å². The first-order valence-corrected chi connectivity index (χ1v) is 4.59. The average molecular weight is 178 g/mol. The normalized spacial score (nSPS) is 27.8. The van der Waals surface area contributed by atoms with E-state index >= 15 is 0 Å². The summed E-state index contributed by atoms with van der Waals surface area (Å²) < 4.78 is 11.0. The second-order valence-corrected chi connectivity index (χ2v) is 3.52. The van der Waals surface area contributed by atoms with E-state index in [9.17, 15) is 0 Å². The highest BCUT2D eigenvalue weighted by Crippen LogP contribution is 2.26. The number of hydrogen-bond acceptors (Lipinski definition) is 2. The van der Waals surface area contributed by atoms with Gasteiger partial charge in [-0.3, -0.25) is 0 Å². The minimum absolute atomic E-state index is 0.157. The Kier molecular flexibility index (Phi) is 2.34. The minimum Gasteiger partial charge on any atom is -0.346 e. The molecule has 0 bridgehead atoms. The number of hydrogen-bond donors (Lipinski definition) is 0. The van der Waals surface area contributed by atoms with Crippen LogP contribution in [-0.4, -0.2) is 12.7 Å². The molecule has 0 saturated carbocycles. The van der Waals surface area contributed by atoms with Gasteiger partial charge in [0.1, 0.15) is 0 Å². The Morgan fingerprint density at radius 3 is 2.46 bits per heavy atom. The summed E-state index contributed by atoms with van der Waals surface area (Å²) in [6.07, 6.45) is 0.0573. The fourth-order valence-electron chi connectivity index (χ4n) is 1.41. The third kappa shape index (κ3) is 1.90. The minimum atomic E-state index is -0.157. The molecule has 1 aromatic rings. The summed E-state index contributed by atoms with van der Waals surface area (Å²) >= 11 is 0. The Hall–Kier alpha value is -0.860. The fraction of sp³-hybridized carbons (Fsp3) is 0.455. The van der Waals surface area contributed by atoms with Crippen LogP contribution >= 0.6 is 0 Å². The molecule has 0 aromatic heterocycles. The monoisotopic (exact) mass is 178 g/mol. The van der Waals surface area contributed by atoms with E-state index in [-0.39, 0.29) is 12.4 Å². The van der Waals surface area contributed by atoms with Crippen molar-refractivity contribution in [3.05, 3.63) is 35.4 Å². The lowest BCUT2D eigenvalue weighted by Gasteiger charge is -2.09. The van der Waals surface area contributed by atoms with Crippen LogP contribution in [0.5, 0.6) is 0 Å². The van der Waals surface area contributed by atoms with Gasteiger partial charge in [-0.1, -0.05) is 29.8 Å². The molecule has 0 amide bonds. The second kappa shape index (κ2) is 3.48. The zero-order valence-electron chi connectivity index (χ0n) is 7.99. The van der Waals surface area contributed by atoms with Crippen molar-refractivity contribution in [3.8, 4) is 0 Å². The number of aryl methyl sites for hydroxylation is 1. The Bertz CT molecular complexity index is 279. The summed E-state index contributed by atoms with van der Waals surface area (Å²) in [7, 11) is 0. The smallest absolute Gasteiger partial charge is 0.184 e. The van der Waals surface area contributed by atoms with E-state index in [2.05, 4.69) is 31.2 Å². The molecule has 2 atom stereocenters. The predicted molar refractivity (Wildman–Crippen MR) is 50.4 cm³/mol. The molecular formula is C11H14O2. The summed E-state index contributed by atoms with van der Waals surface area (Å²) in [5.41, 5.74) is 2.37. The molecule has 1 fully saturated rings. The molecule has 1 aliphatic rings. The highest BCUT2D eigenvalue weighted by Gasteiger charge is 2.23. The largest absolute Gasteiger partial charge is 0.346 e. The van der Waals surface area contributed by atoms with Gasteiger partial charge in [0, 0.05) is 5.56 Å². The van der Waals surface area contributed by atoms with E-state index in [4.69, 9.17) is 9.47 Å². The quantitative estimate of drug-likeness (QED) is 0.657. The van der Waals surface area contributed by atoms with Gasteiger partial charge in [0.25, 0.3) is 0 Å². The lowest BCUT2D eigenvalue weighted by molar-refractivity contribution is -0.0572. The van der Waals surface area contributed by atoms with Crippen LogP contribution in [-0.2, 0) is 9.47 Å². The molecule has 1 heterocycles. The van der Waals surface area contributed by atoms with E-state index in [0.717, 1.165) is 5.56 Å². The Labute approximate surface area is 78.5 Å². The summed E-state index contributed by atoms with van der Waals surface area (Å²) in [6, 6.07) is 8.26. The fourth-order valence-corrected chi connectivity index (χ4v) is 1.41. The van der Waals surface area contributed by atoms with Crippen molar-refractivity contribution >= 4 is 0 Å². The van der Waals surface area contributed by atoms with Gasteiger partial charge in [-0.2, -0.15) is 0 Å². The van der Waals surface area contributed by atoms with Crippen molar-refractivity contribution in [2.45, 2.75) is 26.2 Å². The van der Waals surface area contributed by atoms with Crippen LogP contribution < -0.4 is 0 Å². The van der Waals surface area contributed by atoms with Crippen LogP contribution in [0.1, 0.15) is 24.3 Å². The maximum Gasteiger partial charge on any atom is 0.184 e. The molecule has 0 radical (unpaired) electrons. The van der Waals surface area contributed by atoms with Gasteiger partial charge >= 0.3 is 0 Å². The Morgan fingerprint density at radius 2 is 1.92 bits per heavy atom. The standard InChI is InChI=1S/C11H14O2/c1-8-3-5-10(6-4-8)11-12-7-9(2)13-11/h3-6,9,11H,7H2,1-2H3/t9-,11+/m1/s1. The molecule has 1 saturated heterocycles. The van der Waals surface area contributed by atoms with Gasteiger partial charge in [0.2, 0.25) is 0 Å². The maximum atomic E-state index is 5.56. The zero-order chi connectivity index (χ0) is 9.26. The highest BCUT2D eigenvalue weighted by atomic mass is 16.7. The first-order valence-electron chi connectivity index (χ1n) is 4.59. The number of ether oxygens (including phenoxy) is 2. The van der Waals surface area contributed by atoms with Crippen LogP contribution in [0, 0.1) is 6.92 Å². The highest BCUT2D eigenvalue weighted by molar-refractivity contribution is 5.22. The molecule has 2 rings (SSSR count). The third-order valence-corrected chi connectivity index (χ3v) is 2.19. The van der Waals surface area contributed by atoms with Crippen molar-refractivity contribution in [1.82, 2.24) is 0 Å². The molecule has 13 heavy (non-hydrogen) atoms. The number of rotatable bonds is 1. The van der Waals surface area contributed by atoms with Crippen molar-refractivity contribution in [3.63, 3.8) is 0 Å². The molecule has 0 aliphatic carbocycles. The summed E-state index contributed by atoms with van der Waals surface area (Å²) in [4.78, 5) is 0. The first kappa shape index (κ1) is 8.73. The lowest BCUT2D eigenvalue weighted by Crippen LogP contribution is -2.02. The lowest BCUT2D eigenvalue weighted by atomic mass is 10.1. The molecule has 2 nitrogen and oxygen atoms in total. The molecule has 1 aliphatic heterocycles. The van der Waals surface area contributed by atoms with E-state index in [0.29, 0.717) is 6.61 Å². The third-order valence-electron chi connectivity index (χ3n) is 2.19. The van der Waals surface area contributed by atoms with Crippen LogP contribution in [0.25, 0.3) is 0 Å². The Morgan fingerprint density at radius 1 is 1.23 bits per heavy atom. The molecule has 2 heteroatoms. The van der Waals surface area contributed by atoms with Crippen LogP contribution in [0.4, 0.5) is 0 Å². The average Bonchev–Trinajstić information content (AvgIpc) is 2.53. The van der Waals surface area contributed by atoms with Crippen LogP contribution in [0.3, 0.4) is 0 Å². The van der Waals surface area contributed by atoms with Gasteiger partial charge in [-0.15, -0.1) is 0 Å². The molecule has 0 spiro atoms. The van der Waals surface area contributed by atoms with Gasteiger partial charge in [-0.05, 0) is 13.8 Å². The topological polar surface area (TPSA) is 18.5 Å². The molecule has 0 unspecified atom stereocenters. The maximum absolute atomic E-state index is 5.56. The predicted octanol–water partition coefficient (Wildman–Crippen LogP) is 2.43. The Balaban J connectivity index is 2.13. The van der Waals surface area contributed by atoms with Crippen molar-refractivity contribution in [2.75, 3.05) is 6.61 Å².